The molecule has 0 atom stereocenters. The number of furan rings is 1. The maximum Gasteiger partial charge on any atom is 0.257 e. The highest BCUT2D eigenvalue weighted by Crippen LogP contribution is 2.25. The number of pyridine rings is 1. The molecule has 2 aromatic heterocycles. The van der Waals surface area contributed by atoms with Crippen LogP contribution in [0.15, 0.2) is 53.5 Å². The van der Waals surface area contributed by atoms with Gasteiger partial charge in [0.25, 0.3) is 5.91 Å². The summed E-state index contributed by atoms with van der Waals surface area (Å²) in [4.78, 5) is 18.4. The monoisotopic (exact) mass is 339 g/mol. The summed E-state index contributed by atoms with van der Waals surface area (Å²) in [5, 5.41) is 4.42. The van der Waals surface area contributed by atoms with Crippen LogP contribution in [0.4, 0.5) is 10.1 Å². The zero-order valence-electron chi connectivity index (χ0n) is 13.6. The van der Waals surface area contributed by atoms with Crippen LogP contribution in [0.1, 0.15) is 23.2 Å². The van der Waals surface area contributed by atoms with E-state index < -0.39 is 0 Å². The summed E-state index contributed by atoms with van der Waals surface area (Å²) in [6.07, 6.45) is 6.39. The molecule has 1 amide bonds. The third-order valence-corrected chi connectivity index (χ3v) is 4.61. The second-order valence-corrected chi connectivity index (χ2v) is 6.24. The predicted octanol–water partition coefficient (Wildman–Crippen LogP) is 3.68. The molecule has 4 rings (SSSR count). The highest BCUT2D eigenvalue weighted by atomic mass is 19.1. The molecule has 1 saturated heterocycles. The van der Waals surface area contributed by atoms with Crippen LogP contribution in [0, 0.1) is 5.82 Å². The van der Waals surface area contributed by atoms with Crippen molar-refractivity contribution in [2.75, 3.05) is 18.4 Å². The summed E-state index contributed by atoms with van der Waals surface area (Å²) in [6, 6.07) is 8.49. The molecule has 0 unspecified atom stereocenters. The van der Waals surface area contributed by atoms with Crippen LogP contribution in [0.3, 0.4) is 0 Å². The summed E-state index contributed by atoms with van der Waals surface area (Å²) in [5.41, 5.74) is 2.18. The second-order valence-electron chi connectivity index (χ2n) is 6.24. The highest BCUT2D eigenvalue weighted by molar-refractivity contribution is 5.94. The fourth-order valence-electron chi connectivity index (χ4n) is 3.26. The molecule has 3 heterocycles. The standard InChI is InChI=1S/C19H18FN3O2/c20-14-1-2-16-17(3-7-21-18(16)11-14)22-15-4-8-23(9-5-15)19(24)13-6-10-25-12-13/h1-3,6-7,10-12,15H,4-5,8-9H2,(H,21,22). The van der Waals surface area contributed by atoms with Crippen molar-refractivity contribution in [3.05, 3.63) is 60.4 Å². The predicted molar refractivity (Wildman–Crippen MR) is 93.0 cm³/mol. The van der Waals surface area contributed by atoms with Gasteiger partial charge in [-0.25, -0.2) is 4.39 Å². The normalized spacial score (nSPS) is 15.5. The first-order chi connectivity index (χ1) is 12.2. The Morgan fingerprint density at radius 1 is 1.24 bits per heavy atom. The molecule has 0 spiro atoms. The zero-order valence-corrected chi connectivity index (χ0v) is 13.6. The van der Waals surface area contributed by atoms with E-state index in [4.69, 9.17) is 4.42 Å². The van der Waals surface area contributed by atoms with Crippen molar-refractivity contribution in [1.82, 2.24) is 9.88 Å². The molecule has 0 saturated carbocycles. The van der Waals surface area contributed by atoms with Gasteiger partial charge in [0.1, 0.15) is 12.1 Å². The van der Waals surface area contributed by atoms with Gasteiger partial charge in [0, 0.05) is 42.5 Å². The Balaban J connectivity index is 1.43. The summed E-state index contributed by atoms with van der Waals surface area (Å²) < 4.78 is 18.3. The molecule has 128 valence electrons. The number of benzene rings is 1. The molecular weight excluding hydrogens is 321 g/mol. The number of fused-ring (bicyclic) bond motifs is 1. The molecule has 5 nitrogen and oxygen atoms in total. The Labute approximate surface area is 144 Å². The number of anilines is 1. The first-order valence-electron chi connectivity index (χ1n) is 8.33. The van der Waals surface area contributed by atoms with Crippen molar-refractivity contribution < 1.29 is 13.6 Å². The van der Waals surface area contributed by atoms with Gasteiger partial charge in [0.2, 0.25) is 0 Å². The van der Waals surface area contributed by atoms with Crippen molar-refractivity contribution in [3.8, 4) is 0 Å². The number of likely N-dealkylation sites (tertiary alicyclic amines) is 1. The van der Waals surface area contributed by atoms with Crippen LogP contribution in [-0.4, -0.2) is 34.9 Å². The SMILES string of the molecule is O=C(c1ccoc1)N1CCC(Nc2ccnc3cc(F)ccc23)CC1. The van der Waals surface area contributed by atoms with Gasteiger partial charge < -0.3 is 14.6 Å². The average Bonchev–Trinajstić information content (AvgIpc) is 3.16. The topological polar surface area (TPSA) is 58.4 Å². The van der Waals surface area contributed by atoms with Gasteiger partial charge in [-0.05, 0) is 37.1 Å². The number of aromatic nitrogens is 1. The van der Waals surface area contributed by atoms with E-state index >= 15 is 0 Å². The third-order valence-electron chi connectivity index (χ3n) is 4.61. The van der Waals surface area contributed by atoms with Crippen molar-refractivity contribution in [2.45, 2.75) is 18.9 Å². The number of hydrogen-bond donors (Lipinski definition) is 1. The Bertz CT molecular complexity index is 887. The molecule has 1 aliphatic rings. The van der Waals surface area contributed by atoms with Gasteiger partial charge >= 0.3 is 0 Å². The number of hydrogen-bond acceptors (Lipinski definition) is 4. The van der Waals surface area contributed by atoms with Gasteiger partial charge in [-0.2, -0.15) is 0 Å². The minimum absolute atomic E-state index is 0.0111. The zero-order chi connectivity index (χ0) is 17.2. The van der Waals surface area contributed by atoms with Crippen molar-refractivity contribution in [3.63, 3.8) is 0 Å². The Kier molecular flexibility index (Phi) is 4.09. The van der Waals surface area contributed by atoms with Crippen LogP contribution in [0.5, 0.6) is 0 Å². The number of nitrogens with zero attached hydrogens (tertiary/aromatic N) is 2. The molecule has 1 aromatic carbocycles. The fourth-order valence-corrected chi connectivity index (χ4v) is 3.26. The van der Waals surface area contributed by atoms with Crippen LogP contribution < -0.4 is 5.32 Å². The van der Waals surface area contributed by atoms with E-state index in [0.717, 1.165) is 23.9 Å². The highest BCUT2D eigenvalue weighted by Gasteiger charge is 2.24. The van der Waals surface area contributed by atoms with E-state index in [1.165, 1.54) is 24.7 Å². The number of rotatable bonds is 3. The van der Waals surface area contributed by atoms with E-state index in [-0.39, 0.29) is 17.8 Å². The van der Waals surface area contributed by atoms with Crippen LogP contribution in [-0.2, 0) is 0 Å². The van der Waals surface area contributed by atoms with Crippen molar-refractivity contribution >= 4 is 22.5 Å². The van der Waals surface area contributed by atoms with E-state index in [1.54, 1.807) is 18.3 Å². The second kappa shape index (κ2) is 6.55. The minimum Gasteiger partial charge on any atom is -0.472 e. The maximum atomic E-state index is 13.4. The lowest BCUT2D eigenvalue weighted by molar-refractivity contribution is 0.0718. The van der Waals surface area contributed by atoms with Gasteiger partial charge in [-0.3, -0.25) is 9.78 Å². The number of piperidine rings is 1. The first kappa shape index (κ1) is 15.6. The third kappa shape index (κ3) is 3.20. The summed E-state index contributed by atoms with van der Waals surface area (Å²) in [5.74, 6) is -0.278. The van der Waals surface area contributed by atoms with Crippen molar-refractivity contribution in [1.29, 1.82) is 0 Å². The molecular formula is C19H18FN3O2. The summed E-state index contributed by atoms with van der Waals surface area (Å²) in [6.45, 7) is 1.39. The molecule has 25 heavy (non-hydrogen) atoms. The van der Waals surface area contributed by atoms with Gasteiger partial charge in [0.15, 0.2) is 0 Å². The van der Waals surface area contributed by atoms with Crippen molar-refractivity contribution in [2.24, 2.45) is 0 Å². The summed E-state index contributed by atoms with van der Waals surface area (Å²) >= 11 is 0. The fraction of sp³-hybridized carbons (Fsp3) is 0.263. The molecule has 1 aliphatic heterocycles. The molecule has 1 fully saturated rings. The molecule has 1 N–H and O–H groups in total. The number of nitrogens with one attached hydrogen (secondary N) is 1. The van der Waals surface area contributed by atoms with E-state index in [1.807, 2.05) is 11.0 Å². The number of amides is 1. The number of halogens is 1. The molecule has 3 aromatic rings. The van der Waals surface area contributed by atoms with Crippen LogP contribution in [0.25, 0.3) is 10.9 Å². The maximum absolute atomic E-state index is 13.4. The molecule has 0 radical (unpaired) electrons. The minimum atomic E-state index is -0.289. The lowest BCUT2D eigenvalue weighted by Crippen LogP contribution is -2.42. The summed E-state index contributed by atoms with van der Waals surface area (Å²) in [7, 11) is 0. The van der Waals surface area contributed by atoms with Gasteiger partial charge in [-0.15, -0.1) is 0 Å². The van der Waals surface area contributed by atoms with Gasteiger partial charge in [0.05, 0.1) is 17.3 Å². The Morgan fingerprint density at radius 2 is 2.08 bits per heavy atom. The largest absolute Gasteiger partial charge is 0.472 e. The van der Waals surface area contributed by atoms with E-state index in [2.05, 4.69) is 10.3 Å². The first-order valence-corrected chi connectivity index (χ1v) is 8.33. The van der Waals surface area contributed by atoms with E-state index in [0.29, 0.717) is 24.2 Å². The lowest BCUT2D eigenvalue weighted by Gasteiger charge is -2.33. The molecule has 0 bridgehead atoms. The molecule has 6 heteroatoms. The molecule has 0 aliphatic carbocycles. The van der Waals surface area contributed by atoms with Gasteiger partial charge in [-0.1, -0.05) is 0 Å². The average molecular weight is 339 g/mol. The van der Waals surface area contributed by atoms with Crippen LogP contribution in [0.2, 0.25) is 0 Å². The van der Waals surface area contributed by atoms with Crippen LogP contribution >= 0.6 is 0 Å². The van der Waals surface area contributed by atoms with E-state index in [9.17, 15) is 9.18 Å². The smallest absolute Gasteiger partial charge is 0.257 e. The Morgan fingerprint density at radius 3 is 2.84 bits per heavy atom. The Hall–Kier alpha value is -2.89. The number of carbonyl (C=O) groups is 1. The quantitative estimate of drug-likeness (QED) is 0.791. The lowest BCUT2D eigenvalue weighted by atomic mass is 10.0. The number of carbonyl (C=O) groups excluding carboxylic acids is 1.